The molecule has 0 aromatic rings. The third-order valence-corrected chi connectivity index (χ3v) is 3.75. The van der Waals surface area contributed by atoms with Crippen molar-refractivity contribution in [2.24, 2.45) is 0 Å². The largest absolute Gasteiger partial charge is 0.480 e. The van der Waals surface area contributed by atoms with Crippen LogP contribution in [0.5, 0.6) is 0 Å². The average molecular weight is 242 g/mol. The van der Waals surface area contributed by atoms with Crippen LogP contribution in [0.1, 0.15) is 46.0 Å². The Balaban J connectivity index is 2.55. The highest BCUT2D eigenvalue weighted by Gasteiger charge is 2.35. The van der Waals surface area contributed by atoms with Crippen molar-refractivity contribution in [2.75, 3.05) is 20.1 Å². The van der Waals surface area contributed by atoms with Gasteiger partial charge in [-0.2, -0.15) is 0 Å². The molecule has 1 unspecified atom stereocenters. The average Bonchev–Trinajstić information content (AvgIpc) is 2.79. The van der Waals surface area contributed by atoms with Gasteiger partial charge in [-0.15, -0.1) is 0 Å². The summed E-state index contributed by atoms with van der Waals surface area (Å²) in [5.41, 5.74) is -0.826. The van der Waals surface area contributed by atoms with Crippen LogP contribution in [0.3, 0.4) is 0 Å². The van der Waals surface area contributed by atoms with Crippen LogP contribution >= 0.6 is 0 Å². The summed E-state index contributed by atoms with van der Waals surface area (Å²) in [6.07, 6.45) is 5.93. The maximum absolute atomic E-state index is 11.4. The van der Waals surface area contributed by atoms with Crippen LogP contribution in [0.25, 0.3) is 0 Å². The van der Waals surface area contributed by atoms with Crippen LogP contribution in [-0.4, -0.2) is 47.7 Å². The van der Waals surface area contributed by atoms with E-state index in [1.54, 1.807) is 6.92 Å². The summed E-state index contributed by atoms with van der Waals surface area (Å²) in [6, 6.07) is 0.567. The summed E-state index contributed by atoms with van der Waals surface area (Å²) in [6.45, 7) is 5.17. The molecule has 0 bridgehead atoms. The second kappa shape index (κ2) is 6.36. The Labute approximate surface area is 104 Å². The molecule has 0 spiro atoms. The number of aliphatic carboxylic acids is 1. The zero-order valence-corrected chi connectivity index (χ0v) is 11.3. The van der Waals surface area contributed by atoms with Crippen LogP contribution in [0.2, 0.25) is 0 Å². The highest BCUT2D eigenvalue weighted by molar-refractivity contribution is 5.78. The zero-order chi connectivity index (χ0) is 12.9. The van der Waals surface area contributed by atoms with E-state index in [4.69, 9.17) is 0 Å². The van der Waals surface area contributed by atoms with E-state index >= 15 is 0 Å². The first-order valence-corrected chi connectivity index (χ1v) is 6.68. The fraction of sp³-hybridized carbons (Fsp3) is 0.923. The van der Waals surface area contributed by atoms with Gasteiger partial charge in [0.1, 0.15) is 5.54 Å². The number of likely N-dealkylation sites (N-methyl/N-ethyl adjacent to an activating group) is 1. The van der Waals surface area contributed by atoms with Crippen molar-refractivity contribution in [1.29, 1.82) is 0 Å². The first-order chi connectivity index (χ1) is 7.99. The molecule has 0 aliphatic heterocycles. The number of carboxylic acid groups (broad SMARTS) is 1. The number of carbonyl (C=O) groups is 1. The monoisotopic (exact) mass is 242 g/mol. The fourth-order valence-electron chi connectivity index (χ4n) is 2.57. The SMILES string of the molecule is CCCNC(C)(CN(C)C1CCCC1)C(=O)O. The summed E-state index contributed by atoms with van der Waals surface area (Å²) in [7, 11) is 2.05. The summed E-state index contributed by atoms with van der Waals surface area (Å²) < 4.78 is 0. The van der Waals surface area contributed by atoms with E-state index in [1.165, 1.54) is 25.7 Å². The first-order valence-electron chi connectivity index (χ1n) is 6.68. The topological polar surface area (TPSA) is 52.6 Å². The van der Waals surface area contributed by atoms with Crippen molar-refractivity contribution >= 4 is 5.97 Å². The molecule has 0 amide bonds. The molecule has 1 atom stereocenters. The third kappa shape index (κ3) is 3.96. The van der Waals surface area contributed by atoms with Crippen LogP contribution in [0.4, 0.5) is 0 Å². The number of carboxylic acids is 1. The molecule has 4 heteroatoms. The fourth-order valence-corrected chi connectivity index (χ4v) is 2.57. The van der Waals surface area contributed by atoms with Gasteiger partial charge in [-0.1, -0.05) is 19.8 Å². The van der Waals surface area contributed by atoms with Gasteiger partial charge in [0.05, 0.1) is 0 Å². The van der Waals surface area contributed by atoms with E-state index in [0.717, 1.165) is 13.0 Å². The lowest BCUT2D eigenvalue weighted by Gasteiger charge is -2.34. The molecule has 2 N–H and O–H groups in total. The minimum absolute atomic E-state index is 0.567. The predicted molar refractivity (Wildman–Crippen MR) is 69.2 cm³/mol. The molecule has 4 nitrogen and oxygen atoms in total. The molecule has 0 saturated heterocycles. The Hall–Kier alpha value is -0.610. The van der Waals surface area contributed by atoms with Crippen LogP contribution in [-0.2, 0) is 4.79 Å². The van der Waals surface area contributed by atoms with Gasteiger partial charge in [-0.3, -0.25) is 4.79 Å². The van der Waals surface area contributed by atoms with Crippen molar-refractivity contribution < 1.29 is 9.90 Å². The van der Waals surface area contributed by atoms with Crippen molar-refractivity contribution in [3.05, 3.63) is 0 Å². The Kier molecular flexibility index (Phi) is 5.40. The van der Waals surface area contributed by atoms with Crippen molar-refractivity contribution in [2.45, 2.75) is 57.5 Å². The molecule has 0 aromatic heterocycles. The third-order valence-electron chi connectivity index (χ3n) is 3.75. The number of hydrogen-bond acceptors (Lipinski definition) is 3. The number of hydrogen-bond donors (Lipinski definition) is 2. The molecular formula is C13H26N2O2. The Bertz CT molecular complexity index is 252. The van der Waals surface area contributed by atoms with E-state index in [1.807, 2.05) is 7.05 Å². The summed E-state index contributed by atoms with van der Waals surface area (Å²) >= 11 is 0. The van der Waals surface area contributed by atoms with Gasteiger partial charge in [-0.05, 0) is 39.8 Å². The van der Waals surface area contributed by atoms with Crippen LogP contribution in [0, 0.1) is 0 Å². The van der Waals surface area contributed by atoms with Crippen molar-refractivity contribution in [3.8, 4) is 0 Å². The quantitative estimate of drug-likeness (QED) is 0.713. The highest BCUT2D eigenvalue weighted by Crippen LogP contribution is 2.23. The Morgan fingerprint density at radius 1 is 1.47 bits per heavy atom. The normalized spacial score (nSPS) is 20.7. The molecule has 1 aliphatic rings. The number of nitrogens with zero attached hydrogens (tertiary/aromatic N) is 1. The van der Waals surface area contributed by atoms with Gasteiger partial charge in [0.25, 0.3) is 0 Å². The van der Waals surface area contributed by atoms with Gasteiger partial charge in [-0.25, -0.2) is 0 Å². The summed E-state index contributed by atoms with van der Waals surface area (Å²) in [5, 5.41) is 12.5. The predicted octanol–water partition coefficient (Wildman–Crippen LogP) is 1.70. The van der Waals surface area contributed by atoms with Gasteiger partial charge in [0, 0.05) is 12.6 Å². The van der Waals surface area contributed by atoms with Gasteiger partial charge in [0.15, 0.2) is 0 Å². The van der Waals surface area contributed by atoms with Crippen molar-refractivity contribution in [3.63, 3.8) is 0 Å². The van der Waals surface area contributed by atoms with E-state index in [-0.39, 0.29) is 0 Å². The molecule has 0 aromatic carbocycles. The maximum atomic E-state index is 11.4. The lowest BCUT2D eigenvalue weighted by Crippen LogP contribution is -2.57. The molecule has 17 heavy (non-hydrogen) atoms. The second-order valence-electron chi connectivity index (χ2n) is 5.42. The van der Waals surface area contributed by atoms with Crippen LogP contribution < -0.4 is 5.32 Å². The van der Waals surface area contributed by atoms with E-state index in [9.17, 15) is 9.90 Å². The van der Waals surface area contributed by atoms with Gasteiger partial charge >= 0.3 is 5.97 Å². The maximum Gasteiger partial charge on any atom is 0.324 e. The molecule has 1 rings (SSSR count). The zero-order valence-electron chi connectivity index (χ0n) is 11.3. The van der Waals surface area contributed by atoms with Crippen LogP contribution in [0.15, 0.2) is 0 Å². The van der Waals surface area contributed by atoms with Crippen molar-refractivity contribution in [1.82, 2.24) is 10.2 Å². The Morgan fingerprint density at radius 3 is 2.53 bits per heavy atom. The van der Waals surface area contributed by atoms with E-state index in [2.05, 4.69) is 17.1 Å². The molecule has 1 aliphatic carbocycles. The molecular weight excluding hydrogens is 216 g/mol. The molecule has 1 fully saturated rings. The first kappa shape index (κ1) is 14.5. The lowest BCUT2D eigenvalue weighted by atomic mass is 10.0. The van der Waals surface area contributed by atoms with E-state index in [0.29, 0.717) is 12.6 Å². The Morgan fingerprint density at radius 2 is 2.06 bits per heavy atom. The highest BCUT2D eigenvalue weighted by atomic mass is 16.4. The number of rotatable bonds is 7. The van der Waals surface area contributed by atoms with E-state index < -0.39 is 11.5 Å². The molecule has 0 radical (unpaired) electrons. The summed E-state index contributed by atoms with van der Waals surface area (Å²) in [5.74, 6) is -0.754. The van der Waals surface area contributed by atoms with Gasteiger partial charge < -0.3 is 15.3 Å². The molecule has 1 saturated carbocycles. The second-order valence-corrected chi connectivity index (χ2v) is 5.42. The minimum Gasteiger partial charge on any atom is -0.480 e. The standard InChI is InChI=1S/C13H26N2O2/c1-4-9-14-13(2,12(16)17)10-15(3)11-7-5-6-8-11/h11,14H,4-10H2,1-3H3,(H,16,17). The smallest absolute Gasteiger partial charge is 0.324 e. The van der Waals surface area contributed by atoms with Gasteiger partial charge in [0.2, 0.25) is 0 Å². The summed E-state index contributed by atoms with van der Waals surface area (Å²) in [4.78, 5) is 13.6. The lowest BCUT2D eigenvalue weighted by molar-refractivity contribution is -0.145. The molecule has 0 heterocycles. The number of nitrogens with one attached hydrogen (secondary N) is 1. The minimum atomic E-state index is -0.826. The molecule has 100 valence electrons.